The van der Waals surface area contributed by atoms with Crippen LogP contribution in [-0.2, 0) is 24.5 Å². The first-order valence-corrected chi connectivity index (χ1v) is 14.1. The van der Waals surface area contributed by atoms with Crippen LogP contribution in [0.3, 0.4) is 0 Å². The second kappa shape index (κ2) is 10.4. The van der Waals surface area contributed by atoms with Gasteiger partial charge in [0.15, 0.2) is 10.8 Å². The molecule has 0 radical (unpaired) electrons. The van der Waals surface area contributed by atoms with Crippen LogP contribution >= 0.6 is 22.9 Å². The predicted molar refractivity (Wildman–Crippen MR) is 135 cm³/mol. The Morgan fingerprint density at radius 2 is 2.24 bits per heavy atom. The molecule has 5 rings (SSSR count). The van der Waals surface area contributed by atoms with Gasteiger partial charge < -0.3 is 14.8 Å². The van der Waals surface area contributed by atoms with Gasteiger partial charge in [0, 0.05) is 46.5 Å². The SMILES string of the molecule is COC(=O)C1=C(CN2C3COCC2C(NS(N)(=O)=O)C3)NC(c2nccs2)=NC1c1ccc(F)cc1Cl. The number of esters is 1. The van der Waals surface area contributed by atoms with E-state index in [2.05, 4.69) is 19.9 Å². The Kier molecular flexibility index (Phi) is 7.33. The topological polar surface area (TPSA) is 148 Å². The average molecular weight is 571 g/mol. The van der Waals surface area contributed by atoms with E-state index in [1.807, 2.05) is 0 Å². The molecule has 37 heavy (non-hydrogen) atoms. The zero-order valence-corrected chi connectivity index (χ0v) is 21.9. The largest absolute Gasteiger partial charge is 0.466 e. The van der Waals surface area contributed by atoms with Crippen LogP contribution < -0.4 is 15.2 Å². The third-order valence-corrected chi connectivity index (χ3v) is 8.30. The standard InChI is InChI=1S/C22H24ClFN6O5S2/c1-34-22(31)18-16(8-30-12-7-15(29-37(25,32)33)17(30)10-35-9-12)27-20(21-26-4-5-36-21)28-19(18)13-3-2-11(24)6-14(13)23/h2-6,12,15,17,19,29H,7-10H2,1H3,(H,27,28)(H2,25,32,33). The molecule has 0 saturated carbocycles. The number of aromatic nitrogens is 1. The van der Waals surface area contributed by atoms with E-state index in [1.54, 1.807) is 11.6 Å². The maximum atomic E-state index is 13.8. The molecule has 0 spiro atoms. The Morgan fingerprint density at radius 3 is 2.92 bits per heavy atom. The van der Waals surface area contributed by atoms with Gasteiger partial charge in [-0.25, -0.2) is 19.3 Å². The van der Waals surface area contributed by atoms with Gasteiger partial charge in [-0.1, -0.05) is 17.7 Å². The lowest BCUT2D eigenvalue weighted by atomic mass is 9.95. The zero-order chi connectivity index (χ0) is 26.3. The molecule has 0 amide bonds. The molecular weight excluding hydrogens is 547 g/mol. The van der Waals surface area contributed by atoms with Crippen LogP contribution in [0.5, 0.6) is 0 Å². The van der Waals surface area contributed by atoms with Gasteiger partial charge in [-0.3, -0.25) is 9.89 Å². The molecule has 15 heteroatoms. The van der Waals surface area contributed by atoms with Gasteiger partial charge >= 0.3 is 5.97 Å². The number of hydrogen-bond acceptors (Lipinski definition) is 10. The van der Waals surface area contributed by atoms with Crippen LogP contribution in [0.15, 0.2) is 46.0 Å². The highest BCUT2D eigenvalue weighted by molar-refractivity contribution is 7.87. The van der Waals surface area contributed by atoms with Crippen molar-refractivity contribution in [3.8, 4) is 0 Å². The number of amidine groups is 1. The van der Waals surface area contributed by atoms with Crippen molar-refractivity contribution in [2.45, 2.75) is 30.6 Å². The van der Waals surface area contributed by atoms with Crippen molar-refractivity contribution in [1.29, 1.82) is 0 Å². The Balaban J connectivity index is 1.57. The van der Waals surface area contributed by atoms with Crippen LogP contribution in [0.2, 0.25) is 5.02 Å². The lowest BCUT2D eigenvalue weighted by molar-refractivity contribution is -0.136. The maximum absolute atomic E-state index is 13.8. The average Bonchev–Trinajstić information content (AvgIpc) is 3.42. The molecular formula is C22H24ClFN6O5S2. The van der Waals surface area contributed by atoms with Crippen LogP contribution in [-0.4, -0.2) is 75.1 Å². The number of carbonyl (C=O) groups excluding carboxylic acids is 1. The second-order valence-corrected chi connectivity index (χ2v) is 11.5. The summed E-state index contributed by atoms with van der Waals surface area (Å²) in [7, 11) is -2.66. The van der Waals surface area contributed by atoms with E-state index in [0.717, 1.165) is 6.07 Å². The predicted octanol–water partition coefficient (Wildman–Crippen LogP) is 1.09. The van der Waals surface area contributed by atoms with Gasteiger partial charge in [0.25, 0.3) is 10.2 Å². The lowest BCUT2D eigenvalue weighted by Gasteiger charge is -2.37. The molecule has 3 aliphatic rings. The normalized spacial score (nSPS) is 26.1. The molecule has 3 aliphatic heterocycles. The summed E-state index contributed by atoms with van der Waals surface area (Å²) in [5.41, 5.74) is 1.12. The van der Waals surface area contributed by atoms with Crippen LogP contribution in [0.4, 0.5) is 4.39 Å². The molecule has 2 bridgehead atoms. The number of nitrogens with two attached hydrogens (primary N) is 1. The van der Waals surface area contributed by atoms with Gasteiger partial charge in [-0.2, -0.15) is 13.1 Å². The van der Waals surface area contributed by atoms with E-state index in [4.69, 9.17) is 31.2 Å². The van der Waals surface area contributed by atoms with Gasteiger partial charge in [0.2, 0.25) is 0 Å². The molecule has 198 valence electrons. The Hall–Kier alpha value is -2.46. The van der Waals surface area contributed by atoms with Gasteiger partial charge in [0.05, 0.1) is 31.9 Å². The summed E-state index contributed by atoms with van der Waals surface area (Å²) in [5, 5.41) is 11.0. The first-order chi connectivity index (χ1) is 17.6. The van der Waals surface area contributed by atoms with E-state index in [1.165, 1.54) is 30.6 Å². The minimum absolute atomic E-state index is 0.110. The lowest BCUT2D eigenvalue weighted by Crippen LogP contribution is -2.53. The van der Waals surface area contributed by atoms with E-state index < -0.39 is 34.1 Å². The third kappa shape index (κ3) is 5.41. The first-order valence-electron chi connectivity index (χ1n) is 11.3. The van der Waals surface area contributed by atoms with E-state index in [-0.39, 0.29) is 35.8 Å². The van der Waals surface area contributed by atoms with E-state index in [0.29, 0.717) is 35.1 Å². The molecule has 4 N–H and O–H groups in total. The number of thiazole rings is 1. The van der Waals surface area contributed by atoms with Crippen molar-refractivity contribution >= 4 is 45.0 Å². The van der Waals surface area contributed by atoms with Gasteiger partial charge in [0.1, 0.15) is 11.9 Å². The maximum Gasteiger partial charge on any atom is 0.338 e. The fourth-order valence-corrected chi connectivity index (χ4v) is 6.56. The highest BCUT2D eigenvalue weighted by Crippen LogP contribution is 2.38. The smallest absolute Gasteiger partial charge is 0.338 e. The summed E-state index contributed by atoms with van der Waals surface area (Å²) in [6.07, 6.45) is 2.12. The number of aliphatic imine (C=N–C) groups is 1. The summed E-state index contributed by atoms with van der Waals surface area (Å²) in [4.78, 5) is 24.3. The second-order valence-electron chi connectivity index (χ2n) is 8.83. The third-order valence-electron chi connectivity index (χ3n) is 6.56. The summed E-state index contributed by atoms with van der Waals surface area (Å²) in [6, 6.07) is 2.11. The summed E-state index contributed by atoms with van der Waals surface area (Å²) in [6.45, 7) is 0.900. The van der Waals surface area contributed by atoms with Gasteiger partial charge in [-0.15, -0.1) is 11.3 Å². The minimum Gasteiger partial charge on any atom is -0.466 e. The van der Waals surface area contributed by atoms with Crippen LogP contribution in [0.1, 0.15) is 23.0 Å². The van der Waals surface area contributed by atoms with Crippen molar-refractivity contribution < 1.29 is 27.1 Å². The number of halogens is 2. The number of rotatable bonds is 7. The fourth-order valence-electron chi connectivity index (χ4n) is 5.02. The van der Waals surface area contributed by atoms with Crippen LogP contribution in [0, 0.1) is 5.82 Å². The number of nitrogens with one attached hydrogen (secondary N) is 2. The van der Waals surface area contributed by atoms with Crippen molar-refractivity contribution in [2.24, 2.45) is 10.1 Å². The Morgan fingerprint density at radius 1 is 1.43 bits per heavy atom. The Bertz CT molecular complexity index is 1370. The number of methoxy groups -OCH3 is 1. The number of morpholine rings is 1. The van der Waals surface area contributed by atoms with Gasteiger partial charge in [-0.05, 0) is 18.6 Å². The number of nitrogens with zero attached hydrogens (tertiary/aromatic N) is 3. The Labute approximate surface area is 221 Å². The highest BCUT2D eigenvalue weighted by atomic mass is 35.5. The molecule has 2 aromatic rings. The monoisotopic (exact) mass is 570 g/mol. The highest BCUT2D eigenvalue weighted by Gasteiger charge is 2.46. The molecule has 4 atom stereocenters. The molecule has 0 aliphatic carbocycles. The van der Waals surface area contributed by atoms with E-state index in [9.17, 15) is 17.6 Å². The van der Waals surface area contributed by atoms with Crippen molar-refractivity contribution in [3.05, 3.63) is 62.5 Å². The quantitative estimate of drug-likeness (QED) is 0.419. The molecule has 4 unspecified atom stereocenters. The minimum atomic E-state index is -3.93. The zero-order valence-electron chi connectivity index (χ0n) is 19.6. The number of carbonyl (C=O) groups is 1. The molecule has 2 saturated heterocycles. The molecule has 1 aromatic carbocycles. The summed E-state index contributed by atoms with van der Waals surface area (Å²) >= 11 is 7.76. The molecule has 4 heterocycles. The van der Waals surface area contributed by atoms with Crippen molar-refractivity contribution in [3.63, 3.8) is 0 Å². The van der Waals surface area contributed by atoms with Crippen LogP contribution in [0.25, 0.3) is 0 Å². The number of benzene rings is 1. The van der Waals surface area contributed by atoms with Crippen molar-refractivity contribution in [2.75, 3.05) is 26.9 Å². The first kappa shape index (κ1) is 26.2. The number of ether oxygens (including phenoxy) is 2. The fraction of sp³-hybridized carbons (Fsp3) is 0.409. The summed E-state index contributed by atoms with van der Waals surface area (Å²) < 4.78 is 50.6. The van der Waals surface area contributed by atoms with E-state index >= 15 is 0 Å². The summed E-state index contributed by atoms with van der Waals surface area (Å²) in [5.74, 6) is -0.730. The molecule has 1 aromatic heterocycles. The molecule has 11 nitrogen and oxygen atoms in total. The number of hydrogen-bond donors (Lipinski definition) is 3. The molecule has 2 fully saturated rings. The van der Waals surface area contributed by atoms with Crippen molar-refractivity contribution in [1.82, 2.24) is 19.9 Å². The number of fused-ring (bicyclic) bond motifs is 2.